The van der Waals surface area contributed by atoms with Gasteiger partial charge in [-0.05, 0) is 28.5 Å². The van der Waals surface area contributed by atoms with Crippen LogP contribution in [0.1, 0.15) is 41.5 Å². The predicted molar refractivity (Wildman–Crippen MR) is 76.5 cm³/mol. The number of rotatable bonds is 5. The SMILES string of the molecule is CC(C)[Si](Oc1[c][pH]cc1)(C(C)C)C(C)C. The zero-order chi connectivity index (χ0) is 12.3. The Bertz CT molecular complexity index is 282. The molecule has 0 aliphatic rings. The summed E-state index contributed by atoms with van der Waals surface area (Å²) in [6.07, 6.45) is 0. The summed E-state index contributed by atoms with van der Waals surface area (Å²) >= 11 is 0. The van der Waals surface area contributed by atoms with Gasteiger partial charge in [-0.25, -0.2) is 0 Å². The van der Waals surface area contributed by atoms with Crippen molar-refractivity contribution in [2.75, 3.05) is 0 Å². The average Bonchev–Trinajstić information content (AvgIpc) is 2.64. The Hall–Kier alpha value is -0.203. The first-order chi connectivity index (χ1) is 7.41. The zero-order valence-electron chi connectivity index (χ0n) is 11.3. The van der Waals surface area contributed by atoms with Crippen molar-refractivity contribution in [1.29, 1.82) is 0 Å². The molecule has 3 heteroatoms. The summed E-state index contributed by atoms with van der Waals surface area (Å²) in [6.45, 7) is 13.9. The normalized spacial score (nSPS) is 13.3. The van der Waals surface area contributed by atoms with E-state index >= 15 is 0 Å². The highest BCUT2D eigenvalue weighted by atomic mass is 31.0. The highest BCUT2D eigenvalue weighted by Gasteiger charge is 2.46. The molecule has 1 aromatic rings. The van der Waals surface area contributed by atoms with Gasteiger partial charge in [-0.2, -0.15) is 0 Å². The maximum atomic E-state index is 6.45. The van der Waals surface area contributed by atoms with E-state index < -0.39 is 8.32 Å². The van der Waals surface area contributed by atoms with Crippen molar-refractivity contribution in [3.05, 3.63) is 17.7 Å². The van der Waals surface area contributed by atoms with E-state index in [1.807, 2.05) is 0 Å². The molecular formula is C13H24OPSi. The summed E-state index contributed by atoms with van der Waals surface area (Å²) < 4.78 is 6.45. The molecule has 1 heterocycles. The van der Waals surface area contributed by atoms with E-state index in [1.54, 1.807) is 0 Å². The summed E-state index contributed by atoms with van der Waals surface area (Å²) in [7, 11) is -1.05. The molecule has 0 fully saturated rings. The van der Waals surface area contributed by atoms with Gasteiger partial charge in [-0.3, -0.25) is 0 Å². The lowest BCUT2D eigenvalue weighted by molar-refractivity contribution is 0.481. The minimum atomic E-state index is -1.74. The van der Waals surface area contributed by atoms with Crippen LogP contribution in [-0.2, 0) is 0 Å². The largest absolute Gasteiger partial charge is 0.542 e. The second-order valence-corrected chi connectivity index (χ2v) is 11.6. The monoisotopic (exact) mass is 255 g/mol. The van der Waals surface area contributed by atoms with Crippen molar-refractivity contribution in [2.45, 2.75) is 58.2 Å². The summed E-state index contributed by atoms with van der Waals surface area (Å²) in [6, 6.07) is 2.09. The van der Waals surface area contributed by atoms with Crippen molar-refractivity contribution in [1.82, 2.24) is 0 Å². The standard InChI is InChI=1S/C13H24OPSi/c1-10(2)16(11(3)4,12(5)6)14-13-7-8-15-9-13/h7-8,10-12,15H,1-6H3. The van der Waals surface area contributed by atoms with Gasteiger partial charge in [-0.1, -0.05) is 41.5 Å². The van der Waals surface area contributed by atoms with Crippen LogP contribution in [0, 0.1) is 5.80 Å². The Kier molecular flexibility index (Phi) is 4.69. The molecule has 0 bridgehead atoms. The lowest BCUT2D eigenvalue weighted by Gasteiger charge is -2.41. The van der Waals surface area contributed by atoms with Crippen LogP contribution in [0.4, 0.5) is 0 Å². The van der Waals surface area contributed by atoms with Gasteiger partial charge in [0.2, 0.25) is 0 Å². The molecule has 0 spiro atoms. The van der Waals surface area contributed by atoms with E-state index in [0.717, 1.165) is 5.75 Å². The molecule has 1 unspecified atom stereocenters. The van der Waals surface area contributed by atoms with Gasteiger partial charge in [0.15, 0.2) is 0 Å². The van der Waals surface area contributed by atoms with Crippen molar-refractivity contribution in [3.63, 3.8) is 0 Å². The van der Waals surface area contributed by atoms with Crippen LogP contribution in [0.25, 0.3) is 0 Å². The summed E-state index contributed by atoms with van der Waals surface area (Å²) in [5.74, 6) is 6.47. The van der Waals surface area contributed by atoms with Crippen LogP contribution >= 0.6 is 8.19 Å². The molecule has 0 aromatic carbocycles. The first-order valence-electron chi connectivity index (χ1n) is 6.15. The minimum Gasteiger partial charge on any atom is -0.542 e. The third kappa shape index (κ3) is 2.54. The molecule has 0 aliphatic carbocycles. The summed E-state index contributed by atoms with van der Waals surface area (Å²) in [5, 5.41) is 0. The van der Waals surface area contributed by atoms with Gasteiger partial charge in [0.25, 0.3) is 8.32 Å². The van der Waals surface area contributed by atoms with Crippen molar-refractivity contribution in [3.8, 4) is 5.75 Å². The molecule has 91 valence electrons. The average molecular weight is 255 g/mol. The first-order valence-corrected chi connectivity index (χ1v) is 9.37. The Morgan fingerprint density at radius 2 is 1.56 bits per heavy atom. The van der Waals surface area contributed by atoms with Crippen LogP contribution in [0.15, 0.2) is 11.9 Å². The Labute approximate surface area is 103 Å². The molecule has 0 aliphatic heterocycles. The van der Waals surface area contributed by atoms with Crippen LogP contribution in [0.3, 0.4) is 0 Å². The van der Waals surface area contributed by atoms with Crippen molar-refractivity contribution >= 4 is 16.5 Å². The smallest absolute Gasteiger partial charge is 0.258 e. The van der Waals surface area contributed by atoms with Crippen LogP contribution in [0.2, 0.25) is 16.6 Å². The Morgan fingerprint density at radius 3 is 1.88 bits per heavy atom. The second kappa shape index (κ2) is 5.42. The van der Waals surface area contributed by atoms with E-state index in [-0.39, 0.29) is 0 Å². The number of hydrogen-bond donors (Lipinski definition) is 0. The maximum absolute atomic E-state index is 6.45. The fraction of sp³-hybridized carbons (Fsp3) is 0.692. The van der Waals surface area contributed by atoms with Crippen molar-refractivity contribution < 1.29 is 4.43 Å². The highest BCUT2D eigenvalue weighted by molar-refractivity contribution is 7.28. The first kappa shape index (κ1) is 13.9. The Morgan fingerprint density at radius 1 is 1.06 bits per heavy atom. The van der Waals surface area contributed by atoms with Gasteiger partial charge >= 0.3 is 0 Å². The van der Waals surface area contributed by atoms with Crippen LogP contribution in [-0.4, -0.2) is 8.32 Å². The molecular weight excluding hydrogens is 231 g/mol. The van der Waals surface area contributed by atoms with E-state index in [1.165, 1.54) is 0 Å². The highest BCUT2D eigenvalue weighted by Crippen LogP contribution is 2.43. The lowest BCUT2D eigenvalue weighted by Crippen LogP contribution is -2.50. The fourth-order valence-corrected chi connectivity index (χ4v) is 8.78. The second-order valence-electron chi connectivity index (χ2n) is 5.39. The van der Waals surface area contributed by atoms with Gasteiger partial charge in [0.1, 0.15) is 5.75 Å². The predicted octanol–water partition coefficient (Wildman–Crippen LogP) is 5.07. The van der Waals surface area contributed by atoms with Crippen LogP contribution in [0.5, 0.6) is 5.75 Å². The van der Waals surface area contributed by atoms with E-state index in [2.05, 4.69) is 59.2 Å². The molecule has 16 heavy (non-hydrogen) atoms. The van der Waals surface area contributed by atoms with Crippen molar-refractivity contribution in [2.24, 2.45) is 0 Å². The molecule has 1 atom stereocenters. The molecule has 1 radical (unpaired) electrons. The molecule has 1 rings (SSSR count). The minimum absolute atomic E-state index is 0.638. The maximum Gasteiger partial charge on any atom is 0.258 e. The third-order valence-corrected chi connectivity index (χ3v) is 10.2. The lowest BCUT2D eigenvalue weighted by atomic mass is 10.5. The van der Waals surface area contributed by atoms with E-state index in [9.17, 15) is 0 Å². The molecule has 1 nitrogen and oxygen atoms in total. The third-order valence-electron chi connectivity index (χ3n) is 3.51. The quantitative estimate of drug-likeness (QED) is 0.667. The fourth-order valence-electron chi connectivity index (χ4n) is 2.88. The topological polar surface area (TPSA) is 9.23 Å². The molecule has 1 aromatic heterocycles. The van der Waals surface area contributed by atoms with Gasteiger partial charge in [0.05, 0.1) is 0 Å². The molecule has 0 saturated carbocycles. The van der Waals surface area contributed by atoms with Crippen LogP contribution < -0.4 is 4.43 Å². The summed E-state index contributed by atoms with van der Waals surface area (Å²) in [5.41, 5.74) is 1.91. The molecule has 0 saturated heterocycles. The molecule has 0 N–H and O–H groups in total. The van der Waals surface area contributed by atoms with E-state index in [0.29, 0.717) is 24.8 Å². The van der Waals surface area contributed by atoms with Gasteiger partial charge < -0.3 is 4.43 Å². The zero-order valence-corrected chi connectivity index (χ0v) is 13.3. The summed E-state index contributed by atoms with van der Waals surface area (Å²) in [4.78, 5) is 0. The Balaban J connectivity index is 3.02. The van der Waals surface area contributed by atoms with E-state index in [4.69, 9.17) is 4.43 Å². The van der Waals surface area contributed by atoms with Gasteiger partial charge in [0, 0.05) is 5.80 Å². The number of hydrogen-bond acceptors (Lipinski definition) is 1. The molecule has 0 amide bonds. The van der Waals surface area contributed by atoms with Gasteiger partial charge in [-0.15, -0.1) is 8.19 Å².